The largest absolute Gasteiger partial charge is 0.352 e. The van der Waals surface area contributed by atoms with Crippen LogP contribution in [0.15, 0.2) is 54.6 Å². The van der Waals surface area contributed by atoms with Crippen LogP contribution in [-0.4, -0.2) is 22.8 Å². The zero-order valence-corrected chi connectivity index (χ0v) is 17.0. The van der Waals surface area contributed by atoms with Gasteiger partial charge in [-0.15, -0.1) is 0 Å². The molecule has 0 heterocycles. The molecule has 2 rings (SSSR count). The Hall–Kier alpha value is -3.26. The van der Waals surface area contributed by atoms with E-state index in [1.807, 2.05) is 61.5 Å². The average Bonchev–Trinajstić information content (AvgIpc) is 2.71. The minimum atomic E-state index is -0.407. The Labute approximate surface area is 175 Å². The second-order valence-electron chi connectivity index (χ2n) is 6.42. The highest BCUT2D eigenvalue weighted by Gasteiger charge is 2.10. The summed E-state index contributed by atoms with van der Waals surface area (Å²) in [6.45, 7) is 2.34. The summed E-state index contributed by atoms with van der Waals surface area (Å²) < 4.78 is 0. The molecule has 8 heteroatoms. The Kier molecular flexibility index (Phi) is 8.78. The van der Waals surface area contributed by atoms with Crippen LogP contribution in [0.2, 0.25) is 0 Å². The maximum absolute atomic E-state index is 12.0. The number of amides is 3. The first-order valence-electron chi connectivity index (χ1n) is 9.18. The molecule has 0 atom stereocenters. The van der Waals surface area contributed by atoms with E-state index in [0.717, 1.165) is 16.7 Å². The van der Waals surface area contributed by atoms with Crippen LogP contribution in [0.4, 0.5) is 0 Å². The molecule has 0 fully saturated rings. The van der Waals surface area contributed by atoms with E-state index in [2.05, 4.69) is 21.5 Å². The van der Waals surface area contributed by atoms with Crippen LogP contribution in [0.3, 0.4) is 0 Å². The van der Waals surface area contributed by atoms with Crippen LogP contribution in [0.1, 0.15) is 29.5 Å². The van der Waals surface area contributed by atoms with Gasteiger partial charge in [0.1, 0.15) is 0 Å². The summed E-state index contributed by atoms with van der Waals surface area (Å²) >= 11 is 4.99. The normalized spacial score (nSPS) is 9.97. The zero-order chi connectivity index (χ0) is 21.1. The van der Waals surface area contributed by atoms with E-state index in [-0.39, 0.29) is 36.2 Å². The van der Waals surface area contributed by atoms with Gasteiger partial charge in [-0.3, -0.25) is 25.2 Å². The highest BCUT2D eigenvalue weighted by Crippen LogP contribution is 2.07. The van der Waals surface area contributed by atoms with Crippen molar-refractivity contribution in [2.45, 2.75) is 32.7 Å². The number of nitrogens with one attached hydrogen (secondary N) is 4. The van der Waals surface area contributed by atoms with Crippen LogP contribution in [0.5, 0.6) is 0 Å². The third kappa shape index (κ3) is 8.52. The number of carbonyl (C=O) groups is 3. The number of hydrogen-bond donors (Lipinski definition) is 4. The molecule has 2 aromatic rings. The first-order valence-corrected chi connectivity index (χ1v) is 9.58. The fraction of sp³-hybridized carbons (Fsp3) is 0.238. The van der Waals surface area contributed by atoms with E-state index < -0.39 is 5.91 Å². The van der Waals surface area contributed by atoms with Crippen molar-refractivity contribution in [3.8, 4) is 0 Å². The number of rotatable bonds is 7. The van der Waals surface area contributed by atoms with Crippen molar-refractivity contribution in [1.82, 2.24) is 21.5 Å². The maximum Gasteiger partial charge on any atom is 0.238 e. The molecule has 2 aromatic carbocycles. The van der Waals surface area contributed by atoms with Crippen molar-refractivity contribution in [2.24, 2.45) is 0 Å². The summed E-state index contributed by atoms with van der Waals surface area (Å²) in [4.78, 5) is 35.7. The number of aryl methyl sites for hydroxylation is 1. The van der Waals surface area contributed by atoms with Gasteiger partial charge >= 0.3 is 0 Å². The van der Waals surface area contributed by atoms with Crippen molar-refractivity contribution in [1.29, 1.82) is 0 Å². The van der Waals surface area contributed by atoms with Crippen molar-refractivity contribution in [3.05, 3.63) is 71.3 Å². The van der Waals surface area contributed by atoms with Crippen LogP contribution in [-0.2, 0) is 27.3 Å². The lowest BCUT2D eigenvalue weighted by Crippen LogP contribution is -2.48. The van der Waals surface area contributed by atoms with Crippen molar-refractivity contribution in [2.75, 3.05) is 0 Å². The van der Waals surface area contributed by atoms with Crippen LogP contribution in [0.25, 0.3) is 0 Å². The Morgan fingerprint density at radius 1 is 0.828 bits per heavy atom. The van der Waals surface area contributed by atoms with E-state index in [1.165, 1.54) is 0 Å². The van der Waals surface area contributed by atoms with E-state index in [4.69, 9.17) is 12.2 Å². The summed E-state index contributed by atoms with van der Waals surface area (Å²) in [6.07, 6.45) is 0.226. The molecular weight excluding hydrogens is 388 g/mol. The highest BCUT2D eigenvalue weighted by molar-refractivity contribution is 7.80. The molecule has 0 aliphatic rings. The molecule has 0 spiro atoms. The van der Waals surface area contributed by atoms with Gasteiger partial charge in [0.05, 0.1) is 6.42 Å². The molecule has 0 saturated carbocycles. The number of hydrogen-bond acceptors (Lipinski definition) is 4. The van der Waals surface area contributed by atoms with E-state index >= 15 is 0 Å². The summed E-state index contributed by atoms with van der Waals surface area (Å²) in [5.41, 5.74) is 7.73. The number of carbonyl (C=O) groups excluding carboxylic acids is 3. The van der Waals surface area contributed by atoms with E-state index in [0.29, 0.717) is 6.54 Å². The molecular formula is C21H24N4O3S. The fourth-order valence-electron chi connectivity index (χ4n) is 2.48. The molecule has 0 saturated heterocycles. The quantitative estimate of drug-likeness (QED) is 0.409. The van der Waals surface area contributed by atoms with Crippen LogP contribution >= 0.6 is 12.2 Å². The number of thiocarbonyl (C=S) groups is 1. The summed E-state index contributed by atoms with van der Waals surface area (Å²) in [5, 5.41) is 5.24. The van der Waals surface area contributed by atoms with Crippen molar-refractivity contribution >= 4 is 35.1 Å². The lowest BCUT2D eigenvalue weighted by molar-refractivity contribution is -0.126. The van der Waals surface area contributed by atoms with E-state index in [1.54, 1.807) is 0 Å². The first kappa shape index (κ1) is 22.0. The molecule has 0 aliphatic heterocycles. The maximum atomic E-state index is 12.0. The predicted octanol–water partition coefficient (Wildman–Crippen LogP) is 1.66. The van der Waals surface area contributed by atoms with Crippen LogP contribution in [0, 0.1) is 6.92 Å². The molecule has 29 heavy (non-hydrogen) atoms. The van der Waals surface area contributed by atoms with Gasteiger partial charge < -0.3 is 10.6 Å². The van der Waals surface area contributed by atoms with Gasteiger partial charge in [0.15, 0.2) is 5.11 Å². The second-order valence-corrected chi connectivity index (χ2v) is 6.82. The van der Waals surface area contributed by atoms with Gasteiger partial charge in [0.25, 0.3) is 0 Å². The Balaban J connectivity index is 1.61. The van der Waals surface area contributed by atoms with Gasteiger partial charge in [0.2, 0.25) is 17.7 Å². The van der Waals surface area contributed by atoms with Crippen molar-refractivity contribution in [3.63, 3.8) is 0 Å². The van der Waals surface area contributed by atoms with Gasteiger partial charge in [-0.05, 0) is 35.8 Å². The minimum absolute atomic E-state index is 0.00655. The van der Waals surface area contributed by atoms with Gasteiger partial charge in [-0.2, -0.15) is 0 Å². The van der Waals surface area contributed by atoms with Crippen LogP contribution < -0.4 is 21.5 Å². The standard InChI is InChI=1S/C21H24N4O3S/c1-15-7-5-6-10-17(15)13-20(28)23-21(29)25-24-19(27)12-11-18(26)22-14-16-8-3-2-4-9-16/h2-10H,11-14H2,1H3,(H,22,26)(H,24,27)(H2,23,25,28,29). The Morgan fingerprint density at radius 2 is 1.48 bits per heavy atom. The third-order valence-corrected chi connectivity index (χ3v) is 4.30. The van der Waals surface area contributed by atoms with E-state index in [9.17, 15) is 14.4 Å². The molecule has 0 radical (unpaired) electrons. The molecule has 152 valence electrons. The van der Waals surface area contributed by atoms with Crippen molar-refractivity contribution < 1.29 is 14.4 Å². The monoisotopic (exact) mass is 412 g/mol. The van der Waals surface area contributed by atoms with Gasteiger partial charge in [0, 0.05) is 19.4 Å². The summed E-state index contributed by atoms with van der Waals surface area (Å²) in [6, 6.07) is 17.1. The molecule has 0 bridgehead atoms. The number of benzene rings is 2. The molecule has 7 nitrogen and oxygen atoms in total. The van der Waals surface area contributed by atoms with Gasteiger partial charge in [-0.25, -0.2) is 0 Å². The minimum Gasteiger partial charge on any atom is -0.352 e. The topological polar surface area (TPSA) is 99.3 Å². The lowest BCUT2D eigenvalue weighted by Gasteiger charge is -2.11. The molecule has 0 aromatic heterocycles. The first-order chi connectivity index (χ1) is 13.9. The molecule has 3 amide bonds. The zero-order valence-electron chi connectivity index (χ0n) is 16.2. The summed E-state index contributed by atoms with van der Waals surface area (Å²) in [5.74, 6) is -0.917. The Bertz CT molecular complexity index is 871. The smallest absolute Gasteiger partial charge is 0.238 e. The molecule has 4 N–H and O–H groups in total. The highest BCUT2D eigenvalue weighted by atomic mass is 32.1. The predicted molar refractivity (Wildman–Crippen MR) is 114 cm³/mol. The SMILES string of the molecule is Cc1ccccc1CC(=O)NC(=S)NNC(=O)CCC(=O)NCc1ccccc1. The number of hydrazine groups is 1. The average molecular weight is 413 g/mol. The third-order valence-electron chi connectivity index (χ3n) is 4.09. The summed E-state index contributed by atoms with van der Waals surface area (Å²) in [7, 11) is 0. The molecule has 0 unspecified atom stereocenters. The molecule has 0 aliphatic carbocycles. The Morgan fingerprint density at radius 3 is 2.21 bits per heavy atom. The lowest BCUT2D eigenvalue weighted by atomic mass is 10.1. The second kappa shape index (κ2) is 11.6. The fourth-order valence-corrected chi connectivity index (χ4v) is 2.65. The van der Waals surface area contributed by atoms with Gasteiger partial charge in [-0.1, -0.05) is 54.6 Å².